The molecule has 3 rings (SSSR count). The van der Waals surface area contributed by atoms with E-state index in [-0.39, 0.29) is 5.91 Å². The van der Waals surface area contributed by atoms with Crippen molar-refractivity contribution in [3.05, 3.63) is 29.8 Å². The highest BCUT2D eigenvalue weighted by atomic mass is 16.5. The number of carboxylic acid groups (broad SMARTS) is 1. The van der Waals surface area contributed by atoms with E-state index in [1.54, 1.807) is 31.2 Å². The molecule has 1 saturated heterocycles. The molecule has 0 spiro atoms. The van der Waals surface area contributed by atoms with E-state index in [4.69, 9.17) is 4.74 Å². The first-order chi connectivity index (χ1) is 10.5. The van der Waals surface area contributed by atoms with Crippen LogP contribution in [0.2, 0.25) is 0 Å². The van der Waals surface area contributed by atoms with Gasteiger partial charge in [-0.05, 0) is 62.8 Å². The van der Waals surface area contributed by atoms with Gasteiger partial charge < -0.3 is 14.7 Å². The van der Waals surface area contributed by atoms with Crippen LogP contribution in [0.15, 0.2) is 24.3 Å². The van der Waals surface area contributed by atoms with Crippen molar-refractivity contribution in [2.24, 2.45) is 5.92 Å². The highest BCUT2D eigenvalue weighted by Gasteiger charge is 2.46. The van der Waals surface area contributed by atoms with E-state index in [1.807, 2.05) is 0 Å². The lowest BCUT2D eigenvalue weighted by atomic mass is 9.98. The third-order valence-electron chi connectivity index (χ3n) is 4.63. The molecule has 1 unspecified atom stereocenters. The number of amides is 1. The van der Waals surface area contributed by atoms with Gasteiger partial charge in [-0.15, -0.1) is 0 Å². The fourth-order valence-electron chi connectivity index (χ4n) is 2.86. The zero-order valence-electron chi connectivity index (χ0n) is 12.7. The molecule has 118 valence electrons. The van der Waals surface area contributed by atoms with Crippen LogP contribution in [-0.2, 0) is 4.79 Å². The Morgan fingerprint density at radius 1 is 1.32 bits per heavy atom. The molecule has 0 aromatic heterocycles. The molecule has 2 fully saturated rings. The minimum absolute atomic E-state index is 0.226. The van der Waals surface area contributed by atoms with E-state index in [0.29, 0.717) is 24.4 Å². The largest absolute Gasteiger partial charge is 0.493 e. The van der Waals surface area contributed by atoms with Gasteiger partial charge in [0, 0.05) is 12.1 Å². The van der Waals surface area contributed by atoms with E-state index in [2.05, 4.69) is 0 Å². The predicted molar refractivity (Wildman–Crippen MR) is 81.0 cm³/mol. The molecule has 1 aliphatic carbocycles. The summed E-state index contributed by atoms with van der Waals surface area (Å²) in [6, 6.07) is 6.99. The number of ether oxygens (including phenoxy) is 1. The lowest BCUT2D eigenvalue weighted by Gasteiger charge is -2.31. The number of hydrogen-bond donors (Lipinski definition) is 1. The first kappa shape index (κ1) is 14.9. The second-order valence-electron chi connectivity index (χ2n) is 6.42. The Morgan fingerprint density at radius 2 is 2.00 bits per heavy atom. The molecule has 22 heavy (non-hydrogen) atoms. The molecule has 1 N–H and O–H groups in total. The molecule has 5 heteroatoms. The van der Waals surface area contributed by atoms with Crippen molar-refractivity contribution in [1.29, 1.82) is 0 Å². The fourth-order valence-corrected chi connectivity index (χ4v) is 2.86. The summed E-state index contributed by atoms with van der Waals surface area (Å²) >= 11 is 0. The van der Waals surface area contributed by atoms with Crippen molar-refractivity contribution in [2.45, 2.75) is 38.1 Å². The number of carboxylic acids is 1. The smallest absolute Gasteiger partial charge is 0.329 e. The van der Waals surface area contributed by atoms with Gasteiger partial charge in [0.2, 0.25) is 0 Å². The molecule has 0 radical (unpaired) electrons. The number of hydrogen-bond acceptors (Lipinski definition) is 3. The van der Waals surface area contributed by atoms with Crippen molar-refractivity contribution in [3.8, 4) is 5.75 Å². The first-order valence-corrected chi connectivity index (χ1v) is 7.79. The number of benzene rings is 1. The minimum Gasteiger partial charge on any atom is -0.493 e. The zero-order valence-corrected chi connectivity index (χ0v) is 12.7. The van der Waals surface area contributed by atoms with Crippen LogP contribution in [0.25, 0.3) is 0 Å². The van der Waals surface area contributed by atoms with Crippen LogP contribution in [-0.4, -0.2) is 40.6 Å². The molecule has 5 nitrogen and oxygen atoms in total. The van der Waals surface area contributed by atoms with Crippen LogP contribution in [0.3, 0.4) is 0 Å². The van der Waals surface area contributed by atoms with Crippen LogP contribution in [0.5, 0.6) is 5.75 Å². The van der Waals surface area contributed by atoms with Gasteiger partial charge in [0.1, 0.15) is 11.3 Å². The average Bonchev–Trinajstić information content (AvgIpc) is 3.26. The van der Waals surface area contributed by atoms with Crippen molar-refractivity contribution in [2.75, 3.05) is 13.2 Å². The second-order valence-corrected chi connectivity index (χ2v) is 6.42. The zero-order chi connectivity index (χ0) is 15.7. The Balaban J connectivity index is 1.70. The molecular weight excluding hydrogens is 282 g/mol. The number of nitrogens with zero attached hydrogens (tertiary/aromatic N) is 1. The Bertz CT molecular complexity index is 579. The van der Waals surface area contributed by atoms with Gasteiger partial charge in [0.25, 0.3) is 5.91 Å². The maximum absolute atomic E-state index is 12.6. The number of carbonyl (C=O) groups excluding carboxylic acids is 1. The fraction of sp³-hybridized carbons (Fsp3) is 0.529. The Morgan fingerprint density at radius 3 is 2.59 bits per heavy atom. The van der Waals surface area contributed by atoms with E-state index >= 15 is 0 Å². The number of aliphatic carboxylic acids is 1. The summed E-state index contributed by atoms with van der Waals surface area (Å²) in [6.45, 7) is 2.84. The average molecular weight is 303 g/mol. The van der Waals surface area contributed by atoms with Crippen LogP contribution in [0.1, 0.15) is 43.0 Å². The van der Waals surface area contributed by atoms with Crippen molar-refractivity contribution < 1.29 is 19.4 Å². The SMILES string of the molecule is CC1(C(=O)O)CCCN1C(=O)c1ccc(OCC2CC2)cc1. The normalized spacial score (nSPS) is 24.3. The molecule has 1 aromatic rings. The van der Waals surface area contributed by atoms with Gasteiger partial charge in [-0.2, -0.15) is 0 Å². The summed E-state index contributed by atoms with van der Waals surface area (Å²) in [6.07, 6.45) is 3.69. The third kappa shape index (κ3) is 2.80. The topological polar surface area (TPSA) is 66.8 Å². The van der Waals surface area contributed by atoms with Gasteiger partial charge in [-0.3, -0.25) is 4.79 Å². The van der Waals surface area contributed by atoms with Gasteiger partial charge in [-0.25, -0.2) is 4.79 Å². The van der Waals surface area contributed by atoms with Crippen LogP contribution < -0.4 is 4.74 Å². The van der Waals surface area contributed by atoms with Gasteiger partial charge >= 0.3 is 5.97 Å². The molecule has 1 amide bonds. The van der Waals surface area contributed by atoms with Crippen molar-refractivity contribution >= 4 is 11.9 Å². The summed E-state index contributed by atoms with van der Waals surface area (Å²) < 4.78 is 5.65. The molecule has 1 aromatic carbocycles. The lowest BCUT2D eigenvalue weighted by molar-refractivity contribution is -0.147. The highest BCUT2D eigenvalue weighted by molar-refractivity contribution is 5.98. The maximum Gasteiger partial charge on any atom is 0.329 e. The number of likely N-dealkylation sites (tertiary alicyclic amines) is 1. The summed E-state index contributed by atoms with van der Waals surface area (Å²) in [5.41, 5.74) is -0.591. The molecule has 0 bridgehead atoms. The summed E-state index contributed by atoms with van der Waals surface area (Å²) in [7, 11) is 0. The second kappa shape index (κ2) is 5.63. The standard InChI is InChI=1S/C17H21NO4/c1-17(16(20)21)9-2-10-18(17)15(19)13-5-7-14(8-6-13)22-11-12-3-4-12/h5-8,12H,2-4,9-11H2,1H3,(H,20,21). The predicted octanol–water partition coefficient (Wildman–Crippen LogP) is 2.55. The molecule has 1 saturated carbocycles. The van der Waals surface area contributed by atoms with Gasteiger partial charge in [-0.1, -0.05) is 0 Å². The lowest BCUT2D eigenvalue weighted by Crippen LogP contribution is -2.50. The molecule has 2 aliphatic rings. The molecule has 1 aliphatic heterocycles. The number of rotatable bonds is 5. The summed E-state index contributed by atoms with van der Waals surface area (Å²) in [5.74, 6) is 0.270. The Kier molecular flexibility index (Phi) is 3.81. The Labute approximate surface area is 129 Å². The molecule has 1 heterocycles. The van der Waals surface area contributed by atoms with E-state index in [1.165, 1.54) is 17.7 Å². The number of carbonyl (C=O) groups is 2. The molecular formula is C17H21NO4. The Hall–Kier alpha value is -2.04. The first-order valence-electron chi connectivity index (χ1n) is 7.79. The maximum atomic E-state index is 12.6. The van der Waals surface area contributed by atoms with Crippen LogP contribution >= 0.6 is 0 Å². The quantitative estimate of drug-likeness (QED) is 0.908. The summed E-state index contributed by atoms with van der Waals surface area (Å²) in [4.78, 5) is 25.5. The van der Waals surface area contributed by atoms with Gasteiger partial charge in [0.15, 0.2) is 0 Å². The monoisotopic (exact) mass is 303 g/mol. The minimum atomic E-state index is -1.10. The van der Waals surface area contributed by atoms with E-state index < -0.39 is 11.5 Å². The third-order valence-corrected chi connectivity index (χ3v) is 4.63. The van der Waals surface area contributed by atoms with Crippen LogP contribution in [0.4, 0.5) is 0 Å². The van der Waals surface area contributed by atoms with Gasteiger partial charge in [0.05, 0.1) is 6.61 Å². The van der Waals surface area contributed by atoms with Crippen molar-refractivity contribution in [1.82, 2.24) is 4.90 Å². The van der Waals surface area contributed by atoms with Crippen LogP contribution in [0, 0.1) is 5.92 Å². The van der Waals surface area contributed by atoms with E-state index in [9.17, 15) is 14.7 Å². The molecule has 1 atom stereocenters. The summed E-state index contributed by atoms with van der Waals surface area (Å²) in [5, 5.41) is 9.40. The highest BCUT2D eigenvalue weighted by Crippen LogP contribution is 2.32. The van der Waals surface area contributed by atoms with E-state index in [0.717, 1.165) is 18.8 Å². The van der Waals surface area contributed by atoms with Crippen molar-refractivity contribution in [3.63, 3.8) is 0 Å².